The van der Waals surface area contributed by atoms with Crippen LogP contribution in [0.1, 0.15) is 16.2 Å². The van der Waals surface area contributed by atoms with Crippen molar-refractivity contribution >= 4 is 33.6 Å². The maximum Gasteiger partial charge on any atom is 0.232 e. The molecule has 3 aromatic heterocycles. The van der Waals surface area contributed by atoms with Crippen molar-refractivity contribution in [3.05, 3.63) is 71.1 Å². The summed E-state index contributed by atoms with van der Waals surface area (Å²) in [6, 6.07) is 8.61. The number of anilines is 2. The number of carbonyl (C=O) groups is 1. The Morgan fingerprint density at radius 1 is 1.16 bits per heavy atom. The zero-order valence-electron chi connectivity index (χ0n) is 12.5. The fraction of sp³-hybridized carbons (Fsp3) is 0. The Kier molecular flexibility index (Phi) is 3.69. The molecule has 1 aromatic carbocycles. The van der Waals surface area contributed by atoms with E-state index in [4.69, 9.17) is 0 Å². The van der Waals surface area contributed by atoms with Crippen LogP contribution in [0.15, 0.2) is 48.8 Å². The lowest BCUT2D eigenvalue weighted by molar-refractivity contribution is 0.102. The van der Waals surface area contributed by atoms with Crippen molar-refractivity contribution in [1.29, 1.82) is 0 Å². The minimum atomic E-state index is -0.455. The predicted molar refractivity (Wildman–Crippen MR) is 88.2 cm³/mol. The highest BCUT2D eigenvalue weighted by atomic mass is 32.1. The van der Waals surface area contributed by atoms with Crippen molar-refractivity contribution in [2.24, 2.45) is 0 Å². The summed E-state index contributed by atoms with van der Waals surface area (Å²) in [6.07, 6.45) is 2.75. The third-order valence-electron chi connectivity index (χ3n) is 3.40. The molecule has 0 unspecified atom stereocenters. The molecule has 0 radical (unpaired) electrons. The second kappa shape index (κ2) is 6.02. The molecule has 0 fully saturated rings. The Balaban J connectivity index is 1.77. The average molecular weight is 357 g/mol. The summed E-state index contributed by atoms with van der Waals surface area (Å²) in [5.74, 6) is -0.648. The van der Waals surface area contributed by atoms with E-state index in [9.17, 15) is 13.6 Å². The van der Waals surface area contributed by atoms with Gasteiger partial charge in [0.15, 0.2) is 16.1 Å². The van der Waals surface area contributed by atoms with Crippen molar-refractivity contribution in [1.82, 2.24) is 19.6 Å². The van der Waals surface area contributed by atoms with E-state index in [1.165, 1.54) is 28.8 Å². The van der Waals surface area contributed by atoms with E-state index < -0.39 is 16.7 Å². The first-order chi connectivity index (χ1) is 12.1. The van der Waals surface area contributed by atoms with E-state index in [2.05, 4.69) is 20.4 Å². The van der Waals surface area contributed by atoms with Gasteiger partial charge in [0.25, 0.3) is 0 Å². The number of thiazole rings is 1. The van der Waals surface area contributed by atoms with Crippen LogP contribution in [-0.2, 0) is 0 Å². The molecule has 1 N–H and O–H groups in total. The summed E-state index contributed by atoms with van der Waals surface area (Å²) in [4.78, 5) is 20.7. The first kappa shape index (κ1) is 15.3. The molecule has 0 saturated carbocycles. The Hall–Kier alpha value is -3.20. The Morgan fingerprint density at radius 3 is 2.68 bits per heavy atom. The highest BCUT2D eigenvalue weighted by Crippen LogP contribution is 2.24. The molecule has 0 saturated heterocycles. The minimum absolute atomic E-state index is 0.0742. The summed E-state index contributed by atoms with van der Waals surface area (Å²) in [5.41, 5.74) is 0.866. The number of benzene rings is 1. The van der Waals surface area contributed by atoms with Gasteiger partial charge in [-0.1, -0.05) is 11.3 Å². The lowest BCUT2D eigenvalue weighted by atomic mass is 10.1. The number of nitrogens with zero attached hydrogens (tertiary/aromatic N) is 4. The van der Waals surface area contributed by atoms with Gasteiger partial charge in [-0.05, 0) is 36.4 Å². The molecule has 4 rings (SSSR count). The molecule has 0 atom stereocenters. The maximum atomic E-state index is 13.1. The third kappa shape index (κ3) is 2.96. The van der Waals surface area contributed by atoms with Gasteiger partial charge in [0.05, 0.1) is 6.20 Å². The molecular formula is C16H9F2N5OS. The summed E-state index contributed by atoms with van der Waals surface area (Å²) >= 11 is 0.821. The molecule has 124 valence electrons. The van der Waals surface area contributed by atoms with Crippen LogP contribution in [0.3, 0.4) is 0 Å². The van der Waals surface area contributed by atoms with Gasteiger partial charge < -0.3 is 5.32 Å². The van der Waals surface area contributed by atoms with Gasteiger partial charge in [0.1, 0.15) is 11.3 Å². The number of hydrogen-bond acceptors (Lipinski definition) is 6. The Bertz CT molecular complexity index is 1070. The first-order valence-electron chi connectivity index (χ1n) is 7.14. The minimum Gasteiger partial charge on any atom is -0.314 e. The number of aromatic nitrogens is 4. The lowest BCUT2D eigenvalue weighted by Crippen LogP contribution is -2.12. The zero-order chi connectivity index (χ0) is 17.4. The molecule has 0 bridgehead atoms. The van der Waals surface area contributed by atoms with Crippen LogP contribution < -0.4 is 5.32 Å². The average Bonchev–Trinajstić information content (AvgIpc) is 3.23. The van der Waals surface area contributed by atoms with Crippen LogP contribution >= 0.6 is 11.3 Å². The molecule has 9 heteroatoms. The highest BCUT2D eigenvalue weighted by Gasteiger charge is 2.17. The third-order valence-corrected chi connectivity index (χ3v) is 4.10. The van der Waals surface area contributed by atoms with E-state index >= 15 is 0 Å². The smallest absolute Gasteiger partial charge is 0.232 e. The van der Waals surface area contributed by atoms with Gasteiger partial charge in [-0.2, -0.15) is 4.39 Å². The number of fused-ring (bicyclic) bond motifs is 1. The fourth-order valence-electron chi connectivity index (χ4n) is 2.27. The van der Waals surface area contributed by atoms with Gasteiger partial charge in [0, 0.05) is 11.8 Å². The van der Waals surface area contributed by atoms with Crippen LogP contribution in [0.2, 0.25) is 0 Å². The van der Waals surface area contributed by atoms with Crippen molar-refractivity contribution in [2.75, 3.05) is 5.32 Å². The van der Waals surface area contributed by atoms with E-state index in [1.807, 2.05) is 0 Å². The predicted octanol–water partition coefficient (Wildman–Crippen LogP) is 3.44. The molecule has 0 aliphatic carbocycles. The number of hydrogen-bond donors (Lipinski definition) is 1. The lowest BCUT2D eigenvalue weighted by Gasteiger charge is -2.07. The molecule has 0 spiro atoms. The summed E-state index contributed by atoms with van der Waals surface area (Å²) in [6.45, 7) is 0. The summed E-state index contributed by atoms with van der Waals surface area (Å²) in [7, 11) is 0. The largest absolute Gasteiger partial charge is 0.314 e. The van der Waals surface area contributed by atoms with Crippen molar-refractivity contribution in [2.45, 2.75) is 0 Å². The topological polar surface area (TPSA) is 72.2 Å². The molecule has 0 amide bonds. The van der Waals surface area contributed by atoms with Crippen molar-refractivity contribution in [3.63, 3.8) is 0 Å². The van der Waals surface area contributed by atoms with Crippen molar-refractivity contribution < 1.29 is 13.6 Å². The number of nitrogens with one attached hydrogen (secondary N) is 1. The second-order valence-corrected chi connectivity index (χ2v) is 6.03. The monoisotopic (exact) mass is 357 g/mol. The second-order valence-electron chi connectivity index (χ2n) is 5.05. The van der Waals surface area contributed by atoms with Crippen molar-refractivity contribution in [3.8, 4) is 0 Å². The standard InChI is InChI=1S/C16H9F2N5OS/c17-10-5-3-9(4-6-10)13(24)15-20-14(11-2-1-7-23(11)22-15)21-16-19-8-12(18)25-16/h1-8H,(H,19,20,21,22). The molecule has 0 aliphatic heterocycles. The zero-order valence-corrected chi connectivity index (χ0v) is 13.3. The van der Waals surface area contributed by atoms with E-state index in [-0.39, 0.29) is 11.4 Å². The van der Waals surface area contributed by atoms with Crippen LogP contribution in [-0.4, -0.2) is 25.4 Å². The molecule has 25 heavy (non-hydrogen) atoms. The van der Waals surface area contributed by atoms with E-state index in [0.717, 1.165) is 17.5 Å². The van der Waals surface area contributed by atoms with Gasteiger partial charge >= 0.3 is 0 Å². The summed E-state index contributed by atoms with van der Waals surface area (Å²) in [5, 5.41) is 6.93. The molecular weight excluding hydrogens is 348 g/mol. The molecule has 3 heterocycles. The van der Waals surface area contributed by atoms with Crippen LogP contribution in [0.5, 0.6) is 0 Å². The fourth-order valence-corrected chi connectivity index (χ4v) is 2.81. The molecule has 6 nitrogen and oxygen atoms in total. The molecule has 4 aromatic rings. The van der Waals surface area contributed by atoms with Crippen LogP contribution in [0.25, 0.3) is 5.52 Å². The normalized spacial score (nSPS) is 11.0. The van der Waals surface area contributed by atoms with Gasteiger partial charge in [-0.15, -0.1) is 5.10 Å². The number of ketones is 1. The molecule has 0 aliphatic rings. The van der Waals surface area contributed by atoms with Crippen LogP contribution in [0.4, 0.5) is 19.7 Å². The maximum absolute atomic E-state index is 13.1. The Labute approximate surface area is 143 Å². The SMILES string of the molecule is O=C(c1ccc(F)cc1)c1nc(Nc2ncc(F)s2)c2cccn2n1. The number of halogens is 2. The van der Waals surface area contributed by atoms with Gasteiger partial charge in [-0.25, -0.2) is 18.9 Å². The van der Waals surface area contributed by atoms with E-state index in [0.29, 0.717) is 16.5 Å². The van der Waals surface area contributed by atoms with Crippen LogP contribution in [0, 0.1) is 10.9 Å². The number of carbonyl (C=O) groups excluding carboxylic acids is 1. The quantitative estimate of drug-likeness (QED) is 0.567. The van der Waals surface area contributed by atoms with Gasteiger partial charge in [0.2, 0.25) is 11.6 Å². The summed E-state index contributed by atoms with van der Waals surface area (Å²) < 4.78 is 27.7. The first-order valence-corrected chi connectivity index (χ1v) is 7.96. The number of rotatable bonds is 4. The highest BCUT2D eigenvalue weighted by molar-refractivity contribution is 7.14. The Morgan fingerprint density at radius 2 is 1.96 bits per heavy atom. The van der Waals surface area contributed by atoms with Gasteiger partial charge in [-0.3, -0.25) is 4.79 Å². The van der Waals surface area contributed by atoms with E-state index in [1.54, 1.807) is 18.3 Å².